The number of likely N-dealkylation sites (tertiary alicyclic amines) is 1. The number of amides is 1. The molecule has 104 valence electrons. The Morgan fingerprint density at radius 1 is 1.30 bits per heavy atom. The van der Waals surface area contributed by atoms with Gasteiger partial charge < -0.3 is 4.90 Å². The fourth-order valence-corrected chi connectivity index (χ4v) is 3.02. The quantitative estimate of drug-likeness (QED) is 0.840. The monoisotopic (exact) mass is 269 g/mol. The molecule has 0 unspecified atom stereocenters. The van der Waals surface area contributed by atoms with E-state index in [1.165, 1.54) is 11.1 Å². The van der Waals surface area contributed by atoms with Gasteiger partial charge in [-0.05, 0) is 37.0 Å². The molecule has 4 heteroatoms. The highest BCUT2D eigenvalue weighted by atomic mass is 16.2. The lowest BCUT2D eigenvalue weighted by molar-refractivity contribution is 0.0724. The fraction of sp³-hybridized carbons (Fsp3) is 0.375. The Labute approximate surface area is 119 Å². The number of nitrogens with zero attached hydrogens (tertiary/aromatic N) is 3. The summed E-state index contributed by atoms with van der Waals surface area (Å²) in [6.45, 7) is 2.93. The number of carbonyl (C=O) groups is 1. The van der Waals surface area contributed by atoms with Crippen LogP contribution in [0.25, 0.3) is 0 Å². The average molecular weight is 269 g/mol. The van der Waals surface area contributed by atoms with Crippen LogP contribution in [0.1, 0.15) is 40.5 Å². The Balaban J connectivity index is 1.92. The molecule has 1 aromatic heterocycles. The van der Waals surface area contributed by atoms with E-state index < -0.39 is 0 Å². The third kappa shape index (κ3) is 2.11. The molecule has 1 atom stereocenters. The highest BCUT2D eigenvalue weighted by Crippen LogP contribution is 2.34. The fourth-order valence-electron chi connectivity index (χ4n) is 3.02. The smallest absolute Gasteiger partial charge is 0.272 e. The van der Waals surface area contributed by atoms with Crippen molar-refractivity contribution in [2.75, 3.05) is 6.54 Å². The first-order valence-corrected chi connectivity index (χ1v) is 7.03. The Hall–Kier alpha value is -2.10. The number of aromatic nitrogens is 2. The summed E-state index contributed by atoms with van der Waals surface area (Å²) in [5.41, 5.74) is 3.17. The van der Waals surface area contributed by atoms with Crippen LogP contribution in [-0.2, 0) is 7.05 Å². The van der Waals surface area contributed by atoms with Gasteiger partial charge in [-0.15, -0.1) is 0 Å². The van der Waals surface area contributed by atoms with Crippen LogP contribution in [0, 0.1) is 6.92 Å². The largest absolute Gasteiger partial charge is 0.330 e. The molecule has 1 aromatic carbocycles. The van der Waals surface area contributed by atoms with E-state index in [9.17, 15) is 4.79 Å². The Morgan fingerprint density at radius 2 is 2.10 bits per heavy atom. The Kier molecular flexibility index (Phi) is 3.30. The summed E-state index contributed by atoms with van der Waals surface area (Å²) in [6, 6.07) is 10.3. The van der Waals surface area contributed by atoms with Gasteiger partial charge in [-0.1, -0.05) is 24.3 Å². The molecule has 1 aliphatic rings. The molecule has 2 heterocycles. The SMILES string of the molecule is Cc1ccccc1[C@@H]1CCCN1C(=O)c1ccnn1C. The maximum absolute atomic E-state index is 12.7. The van der Waals surface area contributed by atoms with E-state index in [4.69, 9.17) is 0 Å². The van der Waals surface area contributed by atoms with Crippen LogP contribution in [0.4, 0.5) is 0 Å². The van der Waals surface area contributed by atoms with Crippen molar-refractivity contribution in [1.82, 2.24) is 14.7 Å². The van der Waals surface area contributed by atoms with Gasteiger partial charge in [0, 0.05) is 19.8 Å². The summed E-state index contributed by atoms with van der Waals surface area (Å²) in [5.74, 6) is 0.0794. The molecule has 1 fully saturated rings. The molecule has 0 aliphatic carbocycles. The highest BCUT2D eigenvalue weighted by Gasteiger charge is 2.32. The second kappa shape index (κ2) is 5.12. The van der Waals surface area contributed by atoms with Crippen LogP contribution in [0.3, 0.4) is 0 Å². The molecule has 0 spiro atoms. The number of carbonyl (C=O) groups excluding carboxylic acids is 1. The van der Waals surface area contributed by atoms with Crippen LogP contribution in [0.5, 0.6) is 0 Å². The molecule has 0 N–H and O–H groups in total. The van der Waals surface area contributed by atoms with E-state index in [1.54, 1.807) is 16.9 Å². The summed E-state index contributed by atoms with van der Waals surface area (Å²) < 4.78 is 1.65. The summed E-state index contributed by atoms with van der Waals surface area (Å²) in [4.78, 5) is 14.7. The minimum absolute atomic E-state index is 0.0794. The minimum atomic E-state index is 0.0794. The average Bonchev–Trinajstić information content (AvgIpc) is 3.07. The Bertz CT molecular complexity index is 632. The molecular weight excluding hydrogens is 250 g/mol. The lowest BCUT2D eigenvalue weighted by Gasteiger charge is -2.26. The lowest BCUT2D eigenvalue weighted by Crippen LogP contribution is -2.32. The van der Waals surface area contributed by atoms with E-state index in [0.717, 1.165) is 19.4 Å². The van der Waals surface area contributed by atoms with Crippen molar-refractivity contribution in [3.8, 4) is 0 Å². The topological polar surface area (TPSA) is 38.1 Å². The molecule has 20 heavy (non-hydrogen) atoms. The van der Waals surface area contributed by atoms with E-state index in [0.29, 0.717) is 5.69 Å². The molecule has 1 saturated heterocycles. The zero-order valence-corrected chi connectivity index (χ0v) is 11.9. The van der Waals surface area contributed by atoms with Crippen LogP contribution in [-0.4, -0.2) is 27.1 Å². The first-order chi connectivity index (χ1) is 9.68. The molecular formula is C16H19N3O. The first kappa shape index (κ1) is 12.9. The van der Waals surface area contributed by atoms with Gasteiger partial charge in [0.05, 0.1) is 6.04 Å². The van der Waals surface area contributed by atoms with Crippen molar-refractivity contribution in [2.45, 2.75) is 25.8 Å². The van der Waals surface area contributed by atoms with Gasteiger partial charge in [-0.3, -0.25) is 9.48 Å². The van der Waals surface area contributed by atoms with Crippen LogP contribution in [0.2, 0.25) is 0 Å². The van der Waals surface area contributed by atoms with Gasteiger partial charge in [0.2, 0.25) is 0 Å². The lowest BCUT2D eigenvalue weighted by atomic mass is 9.99. The van der Waals surface area contributed by atoms with Gasteiger partial charge in [0.25, 0.3) is 5.91 Å². The summed E-state index contributed by atoms with van der Waals surface area (Å²) >= 11 is 0. The van der Waals surface area contributed by atoms with E-state index in [1.807, 2.05) is 24.1 Å². The molecule has 1 aliphatic heterocycles. The van der Waals surface area contributed by atoms with Crippen LogP contribution < -0.4 is 0 Å². The number of hydrogen-bond acceptors (Lipinski definition) is 2. The van der Waals surface area contributed by atoms with Crippen molar-refractivity contribution in [2.24, 2.45) is 7.05 Å². The van der Waals surface area contributed by atoms with E-state index in [2.05, 4.69) is 24.2 Å². The molecule has 2 aromatic rings. The number of benzene rings is 1. The maximum Gasteiger partial charge on any atom is 0.272 e. The van der Waals surface area contributed by atoms with Crippen molar-refractivity contribution in [3.05, 3.63) is 53.3 Å². The summed E-state index contributed by atoms with van der Waals surface area (Å²) in [6.07, 6.45) is 3.77. The van der Waals surface area contributed by atoms with Gasteiger partial charge in [0.1, 0.15) is 5.69 Å². The van der Waals surface area contributed by atoms with Crippen molar-refractivity contribution >= 4 is 5.91 Å². The number of aryl methyl sites for hydroxylation is 2. The van der Waals surface area contributed by atoms with Crippen LogP contribution in [0.15, 0.2) is 36.5 Å². The molecule has 4 nitrogen and oxygen atoms in total. The third-order valence-corrected chi connectivity index (χ3v) is 4.10. The molecule has 3 rings (SSSR count). The second-order valence-electron chi connectivity index (χ2n) is 5.35. The van der Waals surface area contributed by atoms with Gasteiger partial charge in [-0.25, -0.2) is 0 Å². The normalized spacial score (nSPS) is 18.5. The predicted molar refractivity (Wildman–Crippen MR) is 77.4 cm³/mol. The van der Waals surface area contributed by atoms with Gasteiger partial charge in [0.15, 0.2) is 0 Å². The molecule has 0 radical (unpaired) electrons. The van der Waals surface area contributed by atoms with Crippen LogP contribution >= 0.6 is 0 Å². The van der Waals surface area contributed by atoms with Crippen molar-refractivity contribution in [1.29, 1.82) is 0 Å². The summed E-state index contributed by atoms with van der Waals surface area (Å²) in [5, 5.41) is 4.09. The second-order valence-corrected chi connectivity index (χ2v) is 5.35. The third-order valence-electron chi connectivity index (χ3n) is 4.10. The zero-order chi connectivity index (χ0) is 14.1. The molecule has 1 amide bonds. The molecule has 0 saturated carbocycles. The molecule has 0 bridgehead atoms. The maximum atomic E-state index is 12.7. The van der Waals surface area contributed by atoms with Gasteiger partial charge >= 0.3 is 0 Å². The standard InChI is InChI=1S/C16H19N3O/c1-12-6-3-4-7-13(12)14-8-5-11-19(14)16(20)15-9-10-17-18(15)2/h3-4,6-7,9-10,14H,5,8,11H2,1-2H3/t14-/m0/s1. The van der Waals surface area contributed by atoms with E-state index in [-0.39, 0.29) is 11.9 Å². The van der Waals surface area contributed by atoms with Gasteiger partial charge in [-0.2, -0.15) is 5.10 Å². The van der Waals surface area contributed by atoms with Crippen molar-refractivity contribution in [3.63, 3.8) is 0 Å². The first-order valence-electron chi connectivity index (χ1n) is 7.03. The summed E-state index contributed by atoms with van der Waals surface area (Å²) in [7, 11) is 1.81. The number of hydrogen-bond donors (Lipinski definition) is 0. The minimum Gasteiger partial charge on any atom is -0.330 e. The zero-order valence-electron chi connectivity index (χ0n) is 11.9. The number of rotatable bonds is 2. The Morgan fingerprint density at radius 3 is 2.80 bits per heavy atom. The predicted octanol–water partition coefficient (Wildman–Crippen LogP) is 2.71. The highest BCUT2D eigenvalue weighted by molar-refractivity contribution is 5.93. The van der Waals surface area contributed by atoms with Crippen molar-refractivity contribution < 1.29 is 4.79 Å². The van der Waals surface area contributed by atoms with E-state index >= 15 is 0 Å².